The van der Waals surface area contributed by atoms with E-state index >= 15 is 0 Å². The van der Waals surface area contributed by atoms with E-state index in [9.17, 15) is 4.79 Å². The summed E-state index contributed by atoms with van der Waals surface area (Å²) in [7, 11) is 4.04. The minimum Gasteiger partial charge on any atom is -0.378 e. The van der Waals surface area contributed by atoms with Crippen LogP contribution in [0.1, 0.15) is 16.7 Å². The van der Waals surface area contributed by atoms with Crippen molar-refractivity contribution in [2.45, 2.75) is 30.0 Å². The summed E-state index contributed by atoms with van der Waals surface area (Å²) in [4.78, 5) is 15.7. The number of benzene rings is 2. The summed E-state index contributed by atoms with van der Waals surface area (Å²) in [6.07, 6.45) is 0.825. The summed E-state index contributed by atoms with van der Waals surface area (Å²) in [6.45, 7) is 2.67. The van der Waals surface area contributed by atoms with Crippen molar-refractivity contribution >= 4 is 23.4 Å². The molecule has 1 atom stereocenters. The lowest BCUT2D eigenvalue weighted by molar-refractivity contribution is -0.120. The third-order valence-corrected chi connectivity index (χ3v) is 5.41. The van der Waals surface area contributed by atoms with Gasteiger partial charge < -0.3 is 10.2 Å². The smallest absolute Gasteiger partial charge is 0.234 e. The van der Waals surface area contributed by atoms with E-state index in [4.69, 9.17) is 0 Å². The van der Waals surface area contributed by atoms with Crippen LogP contribution in [0.5, 0.6) is 0 Å². The molecule has 1 N–H and O–H groups in total. The van der Waals surface area contributed by atoms with Crippen LogP contribution in [-0.4, -0.2) is 25.3 Å². The molecule has 4 heteroatoms. The summed E-state index contributed by atoms with van der Waals surface area (Å²) in [5.41, 5.74) is 4.83. The molecule has 0 unspecified atom stereocenters. The Morgan fingerprint density at radius 1 is 1.22 bits per heavy atom. The highest BCUT2D eigenvalue weighted by Gasteiger charge is 2.27. The first-order chi connectivity index (χ1) is 11.0. The van der Waals surface area contributed by atoms with Gasteiger partial charge in [-0.15, -0.1) is 11.8 Å². The predicted molar refractivity (Wildman–Crippen MR) is 97.1 cm³/mol. The fourth-order valence-corrected chi connectivity index (χ4v) is 4.01. The largest absolute Gasteiger partial charge is 0.378 e. The van der Waals surface area contributed by atoms with Gasteiger partial charge in [0.05, 0.1) is 5.25 Å². The summed E-state index contributed by atoms with van der Waals surface area (Å²) in [5, 5.41) is 3.06. The van der Waals surface area contributed by atoms with Crippen molar-refractivity contribution in [3.8, 4) is 0 Å². The molecule has 2 aromatic rings. The minimum atomic E-state index is -0.00662. The number of thioether (sulfide) groups is 1. The minimum absolute atomic E-state index is 0.00662. The molecule has 3 nitrogen and oxygen atoms in total. The number of aryl methyl sites for hydroxylation is 1. The lowest BCUT2D eigenvalue weighted by Crippen LogP contribution is -2.31. The van der Waals surface area contributed by atoms with E-state index in [2.05, 4.69) is 59.6 Å². The number of amides is 1. The quantitative estimate of drug-likeness (QED) is 0.935. The zero-order chi connectivity index (χ0) is 16.4. The van der Waals surface area contributed by atoms with Gasteiger partial charge >= 0.3 is 0 Å². The first-order valence-corrected chi connectivity index (χ1v) is 8.71. The first-order valence-electron chi connectivity index (χ1n) is 7.83. The topological polar surface area (TPSA) is 32.3 Å². The van der Waals surface area contributed by atoms with Crippen molar-refractivity contribution in [3.05, 3.63) is 59.2 Å². The van der Waals surface area contributed by atoms with Gasteiger partial charge in [-0.25, -0.2) is 0 Å². The molecule has 0 aliphatic carbocycles. The van der Waals surface area contributed by atoms with E-state index in [1.54, 1.807) is 11.8 Å². The highest BCUT2D eigenvalue weighted by atomic mass is 32.2. The number of carbonyl (C=O) groups excluding carboxylic acids is 1. The van der Waals surface area contributed by atoms with Crippen molar-refractivity contribution in [2.75, 3.05) is 19.0 Å². The van der Waals surface area contributed by atoms with Crippen LogP contribution in [-0.2, 0) is 17.8 Å². The highest BCUT2D eigenvalue weighted by molar-refractivity contribution is 8.01. The fourth-order valence-electron chi connectivity index (χ4n) is 2.70. The fraction of sp³-hybridized carbons (Fsp3) is 0.316. The first kappa shape index (κ1) is 15.9. The van der Waals surface area contributed by atoms with Gasteiger partial charge in [0.25, 0.3) is 0 Å². The molecule has 0 saturated carbocycles. The van der Waals surface area contributed by atoms with E-state index < -0.39 is 0 Å². The average molecular weight is 326 g/mol. The molecule has 3 rings (SSSR count). The van der Waals surface area contributed by atoms with E-state index in [1.807, 2.05) is 14.1 Å². The second kappa shape index (κ2) is 6.67. The molecule has 23 heavy (non-hydrogen) atoms. The number of nitrogens with one attached hydrogen (secondary N) is 1. The maximum Gasteiger partial charge on any atom is 0.234 e. The SMILES string of the molecule is Cc1ccc2c(c1)S[C@H](C(=O)NCc1ccc(N(C)C)cc1)C2. The molecule has 1 heterocycles. The molecule has 2 aromatic carbocycles. The van der Waals surface area contributed by atoms with Gasteiger partial charge in [0.1, 0.15) is 0 Å². The lowest BCUT2D eigenvalue weighted by atomic mass is 10.1. The number of fused-ring (bicyclic) bond motifs is 1. The van der Waals surface area contributed by atoms with Gasteiger partial charge in [-0.3, -0.25) is 4.79 Å². The van der Waals surface area contributed by atoms with Crippen molar-refractivity contribution in [2.24, 2.45) is 0 Å². The number of hydrogen-bond donors (Lipinski definition) is 1. The Bertz CT molecular complexity index is 710. The maximum atomic E-state index is 12.4. The van der Waals surface area contributed by atoms with Crippen molar-refractivity contribution < 1.29 is 4.79 Å². The Labute approximate surface area is 142 Å². The van der Waals surface area contributed by atoms with Gasteiger partial charge in [0, 0.05) is 31.2 Å². The van der Waals surface area contributed by atoms with Crippen LogP contribution in [0, 0.1) is 6.92 Å². The Morgan fingerprint density at radius 2 is 1.96 bits per heavy atom. The van der Waals surface area contributed by atoms with E-state index in [0.717, 1.165) is 17.7 Å². The molecule has 0 radical (unpaired) electrons. The van der Waals surface area contributed by atoms with Crippen LogP contribution in [0.4, 0.5) is 5.69 Å². The molecule has 0 bridgehead atoms. The predicted octanol–water partition coefficient (Wildman–Crippen LogP) is 3.39. The zero-order valence-electron chi connectivity index (χ0n) is 13.8. The molecular weight excluding hydrogens is 304 g/mol. The zero-order valence-corrected chi connectivity index (χ0v) is 14.6. The second-order valence-electron chi connectivity index (χ2n) is 6.20. The van der Waals surface area contributed by atoms with Gasteiger partial charge in [-0.2, -0.15) is 0 Å². The summed E-state index contributed by atoms with van der Waals surface area (Å²) < 4.78 is 0. The molecule has 1 aliphatic heterocycles. The second-order valence-corrected chi connectivity index (χ2v) is 7.45. The molecular formula is C19H22N2OS. The normalized spacial score (nSPS) is 16.0. The third-order valence-electron chi connectivity index (χ3n) is 4.11. The number of hydrogen-bond acceptors (Lipinski definition) is 3. The molecule has 1 amide bonds. The van der Waals surface area contributed by atoms with Crippen LogP contribution >= 0.6 is 11.8 Å². The van der Waals surface area contributed by atoms with E-state index in [1.165, 1.54) is 16.0 Å². The van der Waals surface area contributed by atoms with Crippen molar-refractivity contribution in [1.82, 2.24) is 5.32 Å². The van der Waals surface area contributed by atoms with Gasteiger partial charge in [-0.05, 0) is 42.7 Å². The highest BCUT2D eigenvalue weighted by Crippen LogP contribution is 2.37. The molecule has 0 spiro atoms. The van der Waals surface area contributed by atoms with Crippen LogP contribution < -0.4 is 10.2 Å². The van der Waals surface area contributed by atoms with Crippen LogP contribution in [0.25, 0.3) is 0 Å². The van der Waals surface area contributed by atoms with Crippen molar-refractivity contribution in [3.63, 3.8) is 0 Å². The van der Waals surface area contributed by atoms with Crippen molar-refractivity contribution in [1.29, 1.82) is 0 Å². The maximum absolute atomic E-state index is 12.4. The molecule has 1 aliphatic rings. The Kier molecular flexibility index (Phi) is 4.62. The van der Waals surface area contributed by atoms with Gasteiger partial charge in [0.15, 0.2) is 0 Å². The lowest BCUT2D eigenvalue weighted by Gasteiger charge is -2.13. The third kappa shape index (κ3) is 3.70. The molecule has 0 saturated heterocycles. The molecule has 0 aromatic heterocycles. The average Bonchev–Trinajstić information content (AvgIpc) is 2.96. The van der Waals surface area contributed by atoms with E-state index in [0.29, 0.717) is 6.54 Å². The summed E-state index contributed by atoms with van der Waals surface area (Å²) >= 11 is 1.68. The van der Waals surface area contributed by atoms with Crippen LogP contribution in [0.2, 0.25) is 0 Å². The van der Waals surface area contributed by atoms with E-state index in [-0.39, 0.29) is 11.2 Å². The number of anilines is 1. The monoisotopic (exact) mass is 326 g/mol. The number of carbonyl (C=O) groups is 1. The number of nitrogens with zero attached hydrogens (tertiary/aromatic N) is 1. The van der Waals surface area contributed by atoms with Crippen LogP contribution in [0.3, 0.4) is 0 Å². The molecule has 120 valence electrons. The standard InChI is InChI=1S/C19H22N2OS/c1-13-4-7-15-11-18(23-17(15)10-13)19(22)20-12-14-5-8-16(9-6-14)21(2)3/h4-10,18H,11-12H2,1-3H3,(H,20,22)/t18-/m0/s1. The van der Waals surface area contributed by atoms with Gasteiger partial charge in [-0.1, -0.05) is 29.8 Å². The number of rotatable bonds is 4. The van der Waals surface area contributed by atoms with Crippen LogP contribution in [0.15, 0.2) is 47.4 Å². The van der Waals surface area contributed by atoms with Gasteiger partial charge in [0.2, 0.25) is 5.91 Å². The Morgan fingerprint density at radius 3 is 2.65 bits per heavy atom. The Balaban J connectivity index is 1.56. The summed E-state index contributed by atoms with van der Waals surface area (Å²) in [5.74, 6) is 0.125. The summed E-state index contributed by atoms with van der Waals surface area (Å²) in [6, 6.07) is 14.7. The molecule has 0 fully saturated rings. The Hall–Kier alpha value is -1.94.